The van der Waals surface area contributed by atoms with Crippen LogP contribution in [0, 0.1) is 0 Å². The van der Waals surface area contributed by atoms with Crippen LogP contribution in [0.2, 0.25) is 0 Å². The second-order valence-electron chi connectivity index (χ2n) is 2.22. The van der Waals surface area contributed by atoms with Crippen LogP contribution in [-0.4, -0.2) is 39.0 Å². The van der Waals surface area contributed by atoms with Gasteiger partial charge >= 0.3 is 0 Å². The van der Waals surface area contributed by atoms with E-state index >= 15 is 0 Å². The van der Waals surface area contributed by atoms with Gasteiger partial charge in [0.05, 0.1) is 5.75 Å². The van der Waals surface area contributed by atoms with Crippen LogP contribution in [-0.2, 0) is 11.1 Å². The van der Waals surface area contributed by atoms with Crippen molar-refractivity contribution in [3.63, 3.8) is 0 Å². The van der Waals surface area contributed by atoms with E-state index in [1.807, 2.05) is 0 Å². The van der Waals surface area contributed by atoms with Crippen molar-refractivity contribution in [2.45, 2.75) is 6.42 Å². The van der Waals surface area contributed by atoms with Crippen molar-refractivity contribution >= 4 is 11.1 Å². The van der Waals surface area contributed by atoms with Crippen LogP contribution in [0.4, 0.5) is 0 Å². The maximum Gasteiger partial charge on any atom is 0.154 e. The molecule has 0 amide bonds. The molecule has 0 radical (unpaired) electrons. The van der Waals surface area contributed by atoms with Crippen molar-refractivity contribution in [3.8, 4) is 0 Å². The summed E-state index contributed by atoms with van der Waals surface area (Å²) in [6.45, 7) is 3.00. The maximum absolute atomic E-state index is 10.1. The lowest BCUT2D eigenvalue weighted by molar-refractivity contribution is 0.193. The fourth-order valence-corrected chi connectivity index (χ4v) is 1.23. The van der Waals surface area contributed by atoms with Crippen molar-refractivity contribution in [1.82, 2.24) is 4.90 Å². The molecular weight excluding hydrogens is 138 g/mol. The topological polar surface area (TPSA) is 40.5 Å². The van der Waals surface area contributed by atoms with Crippen LogP contribution < -0.4 is 0 Å². The second kappa shape index (κ2) is 3.29. The molecule has 3 nitrogen and oxygen atoms in total. The quantitative estimate of drug-likeness (QED) is 0.570. The fraction of sp³-hybridized carbons (Fsp3) is 1.00. The molecule has 1 atom stereocenters. The zero-order chi connectivity index (χ0) is 6.69. The van der Waals surface area contributed by atoms with E-state index < -0.39 is 11.1 Å². The number of hydrogen-bond acceptors (Lipinski definition) is 2. The zero-order valence-corrected chi connectivity index (χ0v) is 6.06. The molecule has 0 bridgehead atoms. The Kier molecular flexibility index (Phi) is 2.63. The maximum atomic E-state index is 10.1. The van der Waals surface area contributed by atoms with Gasteiger partial charge < -0.3 is 9.45 Å². The smallest absolute Gasteiger partial charge is 0.154 e. The van der Waals surface area contributed by atoms with E-state index in [0.29, 0.717) is 5.75 Å². The van der Waals surface area contributed by atoms with Crippen molar-refractivity contribution < 1.29 is 8.76 Å². The summed E-state index contributed by atoms with van der Waals surface area (Å²) in [5, 5.41) is 0. The molecule has 4 heteroatoms. The van der Waals surface area contributed by atoms with Gasteiger partial charge in [0, 0.05) is 6.54 Å². The Labute approximate surface area is 57.3 Å². The number of likely N-dealkylation sites (tertiary alicyclic amines) is 1. The van der Waals surface area contributed by atoms with Crippen LogP contribution in [0.5, 0.6) is 0 Å². The molecule has 1 unspecified atom stereocenters. The minimum absolute atomic E-state index is 0.403. The fourth-order valence-electron chi connectivity index (χ4n) is 0.813. The van der Waals surface area contributed by atoms with Crippen molar-refractivity contribution in [1.29, 1.82) is 0 Å². The monoisotopic (exact) mass is 149 g/mol. The number of rotatable bonds is 3. The van der Waals surface area contributed by atoms with Gasteiger partial charge in [0.1, 0.15) is 0 Å². The summed E-state index contributed by atoms with van der Waals surface area (Å²) in [7, 11) is 0. The molecule has 0 spiro atoms. The summed E-state index contributed by atoms with van der Waals surface area (Å²) in [5.41, 5.74) is 0. The Hall–Kier alpha value is 0.0700. The van der Waals surface area contributed by atoms with Gasteiger partial charge in [-0.2, -0.15) is 0 Å². The van der Waals surface area contributed by atoms with E-state index in [1.54, 1.807) is 0 Å². The molecule has 1 heterocycles. The first kappa shape index (κ1) is 7.18. The molecule has 54 valence electrons. The zero-order valence-electron chi connectivity index (χ0n) is 5.25. The Balaban J connectivity index is 1.97. The predicted molar refractivity (Wildman–Crippen MR) is 36.7 cm³/mol. The molecule has 1 saturated heterocycles. The third kappa shape index (κ3) is 2.43. The van der Waals surface area contributed by atoms with Crippen molar-refractivity contribution in [3.05, 3.63) is 0 Å². The van der Waals surface area contributed by atoms with Crippen molar-refractivity contribution in [2.75, 3.05) is 25.4 Å². The molecule has 0 aliphatic carbocycles. The lowest BCUT2D eigenvalue weighted by Crippen LogP contribution is -2.39. The molecule has 0 saturated carbocycles. The highest BCUT2D eigenvalue weighted by atomic mass is 32.2. The third-order valence-electron chi connectivity index (χ3n) is 1.53. The summed E-state index contributed by atoms with van der Waals surface area (Å²) in [6.07, 6.45) is 1.25. The third-order valence-corrected chi connectivity index (χ3v) is 2.06. The van der Waals surface area contributed by atoms with Gasteiger partial charge in [-0.15, -0.1) is 0 Å². The van der Waals surface area contributed by atoms with E-state index in [-0.39, 0.29) is 0 Å². The van der Waals surface area contributed by atoms with E-state index in [9.17, 15) is 4.21 Å². The van der Waals surface area contributed by atoms with E-state index in [0.717, 1.165) is 19.6 Å². The van der Waals surface area contributed by atoms with E-state index in [4.69, 9.17) is 4.55 Å². The van der Waals surface area contributed by atoms with Crippen LogP contribution in [0.25, 0.3) is 0 Å². The molecular formula is C5H11NO2S. The standard InChI is InChI=1S/C5H11NO2S/c7-9(8)5-4-6-2-1-3-6/h1-5H2,(H,7,8). The van der Waals surface area contributed by atoms with Gasteiger partial charge in [-0.25, -0.2) is 4.21 Å². The molecule has 1 aliphatic rings. The summed E-state index contributed by atoms with van der Waals surface area (Å²) in [6, 6.07) is 0. The minimum Gasteiger partial charge on any atom is -0.306 e. The molecule has 1 N–H and O–H groups in total. The molecule has 1 rings (SSSR count). The lowest BCUT2D eigenvalue weighted by Gasteiger charge is -2.29. The average molecular weight is 149 g/mol. The Morgan fingerprint density at radius 1 is 1.56 bits per heavy atom. The first-order chi connectivity index (χ1) is 4.29. The summed E-state index contributed by atoms with van der Waals surface area (Å²) >= 11 is -1.60. The normalized spacial score (nSPS) is 23.2. The van der Waals surface area contributed by atoms with Gasteiger partial charge in [0.25, 0.3) is 0 Å². The Morgan fingerprint density at radius 3 is 2.56 bits per heavy atom. The second-order valence-corrected chi connectivity index (χ2v) is 3.27. The van der Waals surface area contributed by atoms with Crippen LogP contribution in [0.1, 0.15) is 6.42 Å². The highest BCUT2D eigenvalue weighted by Gasteiger charge is 2.12. The molecule has 0 aromatic carbocycles. The number of hydrogen-bond donors (Lipinski definition) is 1. The highest BCUT2D eigenvalue weighted by molar-refractivity contribution is 7.79. The highest BCUT2D eigenvalue weighted by Crippen LogP contribution is 2.03. The van der Waals surface area contributed by atoms with Gasteiger partial charge in [-0.3, -0.25) is 0 Å². The van der Waals surface area contributed by atoms with Crippen LogP contribution in [0.15, 0.2) is 0 Å². The van der Waals surface area contributed by atoms with Gasteiger partial charge in [0.15, 0.2) is 11.1 Å². The molecule has 0 aromatic rings. The first-order valence-electron chi connectivity index (χ1n) is 3.09. The lowest BCUT2D eigenvalue weighted by atomic mass is 10.2. The summed E-state index contributed by atoms with van der Waals surface area (Å²) < 4.78 is 18.5. The SMILES string of the molecule is O=S(O)CCN1CCC1. The molecule has 1 fully saturated rings. The van der Waals surface area contributed by atoms with E-state index in [1.165, 1.54) is 6.42 Å². The molecule has 0 aromatic heterocycles. The molecule has 1 aliphatic heterocycles. The van der Waals surface area contributed by atoms with Crippen LogP contribution in [0.3, 0.4) is 0 Å². The summed E-state index contributed by atoms with van der Waals surface area (Å²) in [5.74, 6) is 0.403. The number of nitrogens with zero attached hydrogens (tertiary/aromatic N) is 1. The van der Waals surface area contributed by atoms with Crippen molar-refractivity contribution in [2.24, 2.45) is 0 Å². The Bertz CT molecular complexity index is 114. The van der Waals surface area contributed by atoms with Crippen LogP contribution >= 0.6 is 0 Å². The first-order valence-corrected chi connectivity index (χ1v) is 4.36. The van der Waals surface area contributed by atoms with Gasteiger partial charge in [-0.05, 0) is 19.5 Å². The summed E-state index contributed by atoms with van der Waals surface area (Å²) in [4.78, 5) is 2.17. The predicted octanol–water partition coefficient (Wildman–Crippen LogP) is -0.0862. The Morgan fingerprint density at radius 2 is 2.22 bits per heavy atom. The molecule has 9 heavy (non-hydrogen) atoms. The minimum atomic E-state index is -1.60. The van der Waals surface area contributed by atoms with Gasteiger partial charge in [0.2, 0.25) is 0 Å². The van der Waals surface area contributed by atoms with Gasteiger partial charge in [-0.1, -0.05) is 0 Å². The largest absolute Gasteiger partial charge is 0.306 e. The average Bonchev–Trinajstić information content (AvgIpc) is 1.60. The van der Waals surface area contributed by atoms with E-state index in [2.05, 4.69) is 4.90 Å².